The molecule has 1 amide bonds. The number of amides is 1. The summed E-state index contributed by atoms with van der Waals surface area (Å²) in [6, 6.07) is 7.00. The summed E-state index contributed by atoms with van der Waals surface area (Å²) < 4.78 is 6.43. The molecule has 1 fully saturated rings. The van der Waals surface area contributed by atoms with Gasteiger partial charge >= 0.3 is 0 Å². The molecule has 3 heterocycles. The number of H-pyrrole nitrogens is 1. The van der Waals surface area contributed by atoms with Crippen molar-refractivity contribution in [3.05, 3.63) is 58.8 Å². The maximum atomic E-state index is 12.7. The van der Waals surface area contributed by atoms with Gasteiger partial charge in [-0.2, -0.15) is 0 Å². The Bertz CT molecular complexity index is 1020. The summed E-state index contributed by atoms with van der Waals surface area (Å²) in [5, 5.41) is 5.87. The van der Waals surface area contributed by atoms with Crippen molar-refractivity contribution < 1.29 is 9.53 Å². The Morgan fingerprint density at radius 1 is 1.30 bits per heavy atom. The normalized spacial score (nSPS) is 13.8. The lowest BCUT2D eigenvalue weighted by molar-refractivity contribution is 0.0916. The molecule has 27 heavy (non-hydrogen) atoms. The number of nitrogens with one attached hydrogen (secondary N) is 2. The first kappa shape index (κ1) is 17.0. The third-order valence-corrected chi connectivity index (χ3v) is 4.71. The van der Waals surface area contributed by atoms with E-state index in [4.69, 9.17) is 4.74 Å². The fourth-order valence-electron chi connectivity index (χ4n) is 2.91. The number of hydrogen-bond donors (Lipinski definition) is 2. The fourth-order valence-corrected chi connectivity index (χ4v) is 2.91. The van der Waals surface area contributed by atoms with Crippen molar-refractivity contribution in [3.8, 4) is 22.8 Å². The lowest BCUT2D eigenvalue weighted by Crippen LogP contribution is -2.39. The lowest BCUT2D eigenvalue weighted by atomic mass is 9.93. The highest BCUT2D eigenvalue weighted by atomic mass is 16.5. The van der Waals surface area contributed by atoms with Crippen molar-refractivity contribution in [2.75, 3.05) is 7.11 Å². The van der Waals surface area contributed by atoms with Gasteiger partial charge in [-0.05, 0) is 43.0 Å². The molecule has 0 atom stereocenters. The molecule has 0 radical (unpaired) electrons. The molecular formula is C19H19N5O3. The van der Waals surface area contributed by atoms with Crippen LogP contribution in [0.3, 0.4) is 0 Å². The van der Waals surface area contributed by atoms with Crippen LogP contribution < -0.4 is 15.6 Å². The van der Waals surface area contributed by atoms with Gasteiger partial charge in [-0.25, -0.2) is 14.6 Å². The largest absolute Gasteiger partial charge is 0.481 e. The number of methoxy groups -OCH3 is 1. The van der Waals surface area contributed by atoms with Crippen molar-refractivity contribution >= 4 is 5.91 Å². The van der Waals surface area contributed by atoms with Gasteiger partial charge < -0.3 is 10.1 Å². The molecule has 3 aromatic rings. The first-order valence-electron chi connectivity index (χ1n) is 8.74. The number of nitrogens with zero attached hydrogens (tertiary/aromatic N) is 3. The van der Waals surface area contributed by atoms with Crippen LogP contribution in [0.5, 0.6) is 5.88 Å². The number of pyridine rings is 2. The zero-order valence-electron chi connectivity index (χ0n) is 14.8. The smallest absolute Gasteiger partial charge is 0.280 e. The van der Waals surface area contributed by atoms with Crippen LogP contribution in [0, 0.1) is 0 Å². The van der Waals surface area contributed by atoms with Crippen LogP contribution in [0.25, 0.3) is 16.9 Å². The Labute approximate surface area is 155 Å². The van der Waals surface area contributed by atoms with Crippen LogP contribution in [-0.2, 0) is 0 Å². The summed E-state index contributed by atoms with van der Waals surface area (Å²) in [7, 11) is 1.52. The highest BCUT2D eigenvalue weighted by Crippen LogP contribution is 2.20. The molecule has 1 aliphatic carbocycles. The molecule has 0 unspecified atom stereocenters. The molecule has 0 spiro atoms. The molecule has 8 nitrogen and oxygen atoms in total. The summed E-state index contributed by atoms with van der Waals surface area (Å²) >= 11 is 0. The van der Waals surface area contributed by atoms with Gasteiger partial charge in [-0.15, -0.1) is 0 Å². The average molecular weight is 365 g/mol. The zero-order valence-corrected chi connectivity index (χ0v) is 14.8. The van der Waals surface area contributed by atoms with Crippen molar-refractivity contribution in [2.24, 2.45) is 0 Å². The minimum absolute atomic E-state index is 0.137. The monoisotopic (exact) mass is 365 g/mol. The maximum Gasteiger partial charge on any atom is 0.280 e. The molecule has 4 rings (SSSR count). The molecule has 138 valence electrons. The van der Waals surface area contributed by atoms with Crippen molar-refractivity contribution in [1.29, 1.82) is 0 Å². The van der Waals surface area contributed by atoms with Gasteiger partial charge in [-0.3, -0.25) is 14.7 Å². The van der Waals surface area contributed by atoms with Gasteiger partial charge in [0.1, 0.15) is 0 Å². The van der Waals surface area contributed by atoms with E-state index in [2.05, 4.69) is 20.4 Å². The fraction of sp³-hybridized carbons (Fsp3) is 0.263. The van der Waals surface area contributed by atoms with E-state index in [-0.39, 0.29) is 17.5 Å². The number of aromatic nitrogens is 4. The second-order valence-corrected chi connectivity index (χ2v) is 6.42. The van der Waals surface area contributed by atoms with E-state index in [1.54, 1.807) is 36.7 Å². The van der Waals surface area contributed by atoms with Gasteiger partial charge in [0.2, 0.25) is 5.88 Å². The van der Waals surface area contributed by atoms with Gasteiger partial charge in [0.05, 0.1) is 18.2 Å². The van der Waals surface area contributed by atoms with Gasteiger partial charge in [0.25, 0.3) is 11.5 Å². The predicted octanol–water partition coefficient (Wildman–Crippen LogP) is 1.91. The van der Waals surface area contributed by atoms with Crippen LogP contribution in [0.4, 0.5) is 0 Å². The van der Waals surface area contributed by atoms with E-state index in [9.17, 15) is 9.59 Å². The minimum Gasteiger partial charge on any atom is -0.481 e. The summed E-state index contributed by atoms with van der Waals surface area (Å²) in [6.45, 7) is 0. The minimum atomic E-state index is -0.248. The molecule has 0 bridgehead atoms. The topological polar surface area (TPSA) is 102 Å². The highest BCUT2D eigenvalue weighted by Gasteiger charge is 2.20. The third kappa shape index (κ3) is 3.33. The number of aromatic amines is 1. The standard InChI is InChI=1S/C19H19N5O3/c1-27-17-9-12(7-8-20-17)15-11-22-24(19(15)26)16-6-5-13(10-21-16)18(25)23-14-3-2-4-14/h5-11,14,22H,2-4H2,1H3,(H,23,25). The van der Waals surface area contributed by atoms with Crippen molar-refractivity contribution in [2.45, 2.75) is 25.3 Å². The second-order valence-electron chi connectivity index (χ2n) is 6.42. The number of hydrogen-bond acceptors (Lipinski definition) is 5. The molecular weight excluding hydrogens is 346 g/mol. The average Bonchev–Trinajstić information content (AvgIpc) is 3.06. The Hall–Kier alpha value is -3.42. The van der Waals surface area contributed by atoms with Crippen LogP contribution >= 0.6 is 0 Å². The predicted molar refractivity (Wildman–Crippen MR) is 99.1 cm³/mol. The Morgan fingerprint density at radius 2 is 2.15 bits per heavy atom. The van der Waals surface area contributed by atoms with E-state index >= 15 is 0 Å². The molecule has 0 saturated heterocycles. The molecule has 2 N–H and O–H groups in total. The summed E-state index contributed by atoms with van der Waals surface area (Å²) in [6.07, 6.45) is 7.87. The van der Waals surface area contributed by atoms with Crippen LogP contribution in [-0.4, -0.2) is 38.8 Å². The number of carbonyl (C=O) groups is 1. The molecule has 0 aromatic carbocycles. The SMILES string of the molecule is COc1cc(-c2c[nH]n(-c3ccc(C(=O)NC4CCC4)cn3)c2=O)ccn1. The summed E-state index contributed by atoms with van der Waals surface area (Å²) in [5.74, 6) is 0.703. The Balaban J connectivity index is 1.57. The van der Waals surface area contributed by atoms with E-state index < -0.39 is 0 Å². The molecule has 1 aliphatic rings. The third-order valence-electron chi connectivity index (χ3n) is 4.71. The van der Waals surface area contributed by atoms with E-state index in [1.165, 1.54) is 18.0 Å². The van der Waals surface area contributed by atoms with Crippen molar-refractivity contribution in [3.63, 3.8) is 0 Å². The van der Waals surface area contributed by atoms with E-state index in [1.807, 2.05) is 0 Å². The van der Waals surface area contributed by atoms with Crippen LogP contribution in [0.1, 0.15) is 29.6 Å². The van der Waals surface area contributed by atoms with Gasteiger partial charge in [-0.1, -0.05) is 0 Å². The first-order chi connectivity index (χ1) is 13.2. The Morgan fingerprint density at radius 3 is 2.81 bits per heavy atom. The quantitative estimate of drug-likeness (QED) is 0.719. The van der Waals surface area contributed by atoms with Gasteiger partial charge in [0, 0.05) is 30.7 Å². The molecule has 1 saturated carbocycles. The van der Waals surface area contributed by atoms with E-state index in [0.717, 1.165) is 19.3 Å². The number of carbonyl (C=O) groups excluding carboxylic acids is 1. The number of rotatable bonds is 5. The maximum absolute atomic E-state index is 12.7. The van der Waals surface area contributed by atoms with Gasteiger partial charge in [0.15, 0.2) is 5.82 Å². The summed E-state index contributed by atoms with van der Waals surface area (Å²) in [5.41, 5.74) is 1.40. The first-order valence-corrected chi connectivity index (χ1v) is 8.74. The van der Waals surface area contributed by atoms with E-state index in [0.29, 0.717) is 28.4 Å². The lowest BCUT2D eigenvalue weighted by Gasteiger charge is -2.26. The van der Waals surface area contributed by atoms with Crippen LogP contribution in [0.15, 0.2) is 47.7 Å². The molecule has 3 aromatic heterocycles. The zero-order chi connectivity index (χ0) is 18.8. The second kappa shape index (κ2) is 7.06. The Kier molecular flexibility index (Phi) is 4.45. The summed E-state index contributed by atoms with van der Waals surface area (Å²) in [4.78, 5) is 33.2. The van der Waals surface area contributed by atoms with Crippen molar-refractivity contribution in [1.82, 2.24) is 25.1 Å². The van der Waals surface area contributed by atoms with Crippen LogP contribution in [0.2, 0.25) is 0 Å². The molecule has 8 heteroatoms. The number of ether oxygens (including phenoxy) is 1. The molecule has 0 aliphatic heterocycles. The highest BCUT2D eigenvalue weighted by molar-refractivity contribution is 5.94.